The third-order valence-corrected chi connectivity index (χ3v) is 6.97. The van der Waals surface area contributed by atoms with Crippen LogP contribution in [0.2, 0.25) is 0 Å². The number of pyridine rings is 1. The maximum Gasteiger partial charge on any atom is 0.303 e. The van der Waals surface area contributed by atoms with E-state index in [4.69, 9.17) is 9.84 Å². The quantitative estimate of drug-likeness (QED) is 0.458. The predicted molar refractivity (Wildman–Crippen MR) is 115 cm³/mol. The first-order chi connectivity index (χ1) is 14.4. The van der Waals surface area contributed by atoms with Crippen LogP contribution in [-0.4, -0.2) is 16.1 Å². The number of carboxylic acids is 1. The lowest BCUT2D eigenvalue weighted by Gasteiger charge is -2.11. The molecule has 0 saturated heterocycles. The average molecular weight is 426 g/mol. The lowest BCUT2D eigenvalue weighted by Crippen LogP contribution is -2.00. The number of aryl methyl sites for hydroxylation is 1. The summed E-state index contributed by atoms with van der Waals surface area (Å²) in [4.78, 5) is 17.5. The van der Waals surface area contributed by atoms with E-state index in [-0.39, 0.29) is 18.8 Å². The fourth-order valence-electron chi connectivity index (χ4n) is 3.39. The van der Waals surface area contributed by atoms with E-state index in [1.165, 1.54) is 29.9 Å². The summed E-state index contributed by atoms with van der Waals surface area (Å²) >= 11 is 1.78. The molecule has 6 heteroatoms. The van der Waals surface area contributed by atoms with Crippen molar-refractivity contribution in [2.45, 2.75) is 51.0 Å². The highest BCUT2D eigenvalue weighted by molar-refractivity contribution is 7.15. The van der Waals surface area contributed by atoms with Crippen LogP contribution in [0.25, 0.3) is 10.4 Å². The number of ether oxygens (including phenoxy) is 1. The molecule has 1 N–H and O–H groups in total. The zero-order valence-electron chi connectivity index (χ0n) is 16.9. The van der Waals surface area contributed by atoms with Crippen molar-refractivity contribution in [2.75, 3.05) is 0 Å². The Labute approximate surface area is 179 Å². The minimum absolute atomic E-state index is 0.131. The predicted octanol–water partition coefficient (Wildman–Crippen LogP) is 5.99. The maximum absolute atomic E-state index is 13.9. The molecule has 1 aromatic carbocycles. The molecule has 0 spiro atoms. The largest absolute Gasteiger partial charge is 0.487 e. The third-order valence-electron chi connectivity index (χ3n) is 5.55. The number of carbonyl (C=O) groups is 1. The van der Waals surface area contributed by atoms with Gasteiger partial charge in [-0.05, 0) is 67.6 Å². The number of halogens is 1. The number of rotatable bonds is 9. The van der Waals surface area contributed by atoms with Crippen LogP contribution in [-0.2, 0) is 23.2 Å². The third kappa shape index (κ3) is 4.87. The first-order valence-corrected chi connectivity index (χ1v) is 10.9. The minimum Gasteiger partial charge on any atom is -0.487 e. The van der Waals surface area contributed by atoms with Crippen molar-refractivity contribution in [1.29, 1.82) is 0 Å². The van der Waals surface area contributed by atoms with Gasteiger partial charge in [-0.25, -0.2) is 4.39 Å². The molecule has 0 aliphatic heterocycles. The van der Waals surface area contributed by atoms with Gasteiger partial charge in [-0.3, -0.25) is 9.78 Å². The SMILES string of the molecule is CC1(c2ccc(-c3ccc(F)cc3COc3ccc(CCCC(=O)O)nc3)s2)CC1. The van der Waals surface area contributed by atoms with E-state index in [0.29, 0.717) is 24.0 Å². The fraction of sp³-hybridized carbons (Fsp3) is 0.333. The van der Waals surface area contributed by atoms with Crippen LogP contribution in [0.4, 0.5) is 4.39 Å². The zero-order valence-corrected chi connectivity index (χ0v) is 17.7. The molecule has 0 bridgehead atoms. The summed E-state index contributed by atoms with van der Waals surface area (Å²) in [7, 11) is 0. The van der Waals surface area contributed by atoms with Crippen molar-refractivity contribution in [3.63, 3.8) is 0 Å². The van der Waals surface area contributed by atoms with Crippen LogP contribution in [0.5, 0.6) is 5.75 Å². The first-order valence-electron chi connectivity index (χ1n) is 10.1. The summed E-state index contributed by atoms with van der Waals surface area (Å²) in [6.45, 7) is 2.53. The van der Waals surface area contributed by atoms with E-state index in [1.54, 1.807) is 17.5 Å². The fourth-order valence-corrected chi connectivity index (χ4v) is 4.66. The van der Waals surface area contributed by atoms with Crippen LogP contribution in [0.1, 0.15) is 48.7 Å². The van der Waals surface area contributed by atoms with E-state index in [9.17, 15) is 9.18 Å². The van der Waals surface area contributed by atoms with Crippen LogP contribution in [0, 0.1) is 5.82 Å². The van der Waals surface area contributed by atoms with Gasteiger partial charge in [0, 0.05) is 32.8 Å². The smallest absolute Gasteiger partial charge is 0.303 e. The highest BCUT2D eigenvalue weighted by Gasteiger charge is 2.40. The number of hydrogen-bond donors (Lipinski definition) is 1. The highest BCUT2D eigenvalue weighted by atomic mass is 32.1. The second-order valence-corrected chi connectivity index (χ2v) is 9.13. The Morgan fingerprint density at radius 1 is 1.23 bits per heavy atom. The van der Waals surface area contributed by atoms with Crippen LogP contribution < -0.4 is 4.74 Å². The molecule has 30 heavy (non-hydrogen) atoms. The van der Waals surface area contributed by atoms with Crippen LogP contribution >= 0.6 is 11.3 Å². The molecule has 1 aliphatic rings. The van der Waals surface area contributed by atoms with Gasteiger partial charge in [0.2, 0.25) is 0 Å². The van der Waals surface area contributed by atoms with Crippen molar-refractivity contribution in [3.8, 4) is 16.2 Å². The van der Waals surface area contributed by atoms with Gasteiger partial charge in [-0.15, -0.1) is 11.3 Å². The Morgan fingerprint density at radius 2 is 2.07 bits per heavy atom. The van der Waals surface area contributed by atoms with Gasteiger partial charge in [0.05, 0.1) is 6.20 Å². The molecule has 1 saturated carbocycles. The molecule has 2 aromatic heterocycles. The van der Waals surface area contributed by atoms with Gasteiger partial charge >= 0.3 is 5.97 Å². The molecule has 1 aliphatic carbocycles. The Balaban J connectivity index is 1.44. The molecule has 4 nitrogen and oxygen atoms in total. The zero-order chi connectivity index (χ0) is 21.1. The van der Waals surface area contributed by atoms with E-state index >= 15 is 0 Å². The molecular weight excluding hydrogens is 401 g/mol. The monoisotopic (exact) mass is 425 g/mol. The first kappa shape index (κ1) is 20.5. The number of nitrogens with zero attached hydrogens (tertiary/aromatic N) is 1. The molecule has 4 rings (SSSR count). The van der Waals surface area contributed by atoms with Gasteiger partial charge in [0.1, 0.15) is 18.2 Å². The van der Waals surface area contributed by atoms with Crippen molar-refractivity contribution in [3.05, 3.63) is 70.6 Å². The molecular formula is C24H24FNO3S. The number of carboxylic acid groups (broad SMARTS) is 1. The summed E-state index contributed by atoms with van der Waals surface area (Å²) in [5, 5.41) is 8.72. The Morgan fingerprint density at radius 3 is 2.77 bits per heavy atom. The summed E-state index contributed by atoms with van der Waals surface area (Å²) in [5.74, 6) is -0.482. The van der Waals surface area contributed by atoms with Gasteiger partial charge in [-0.2, -0.15) is 0 Å². The molecule has 156 valence electrons. The van der Waals surface area contributed by atoms with E-state index in [0.717, 1.165) is 21.7 Å². The second kappa shape index (κ2) is 8.56. The summed E-state index contributed by atoms with van der Waals surface area (Å²) in [6, 6.07) is 12.8. The summed E-state index contributed by atoms with van der Waals surface area (Å²) in [5.41, 5.74) is 2.94. The minimum atomic E-state index is -0.801. The highest BCUT2D eigenvalue weighted by Crippen LogP contribution is 2.51. The van der Waals surface area contributed by atoms with Crippen molar-refractivity contribution in [1.82, 2.24) is 4.98 Å². The van der Waals surface area contributed by atoms with E-state index in [2.05, 4.69) is 24.0 Å². The van der Waals surface area contributed by atoms with Crippen LogP contribution in [0.15, 0.2) is 48.7 Å². The molecule has 2 heterocycles. The molecule has 3 aromatic rings. The lowest BCUT2D eigenvalue weighted by atomic mass is 10.1. The van der Waals surface area contributed by atoms with Crippen molar-refractivity contribution in [2.24, 2.45) is 0 Å². The Hall–Kier alpha value is -2.73. The van der Waals surface area contributed by atoms with Gasteiger partial charge in [0.15, 0.2) is 0 Å². The van der Waals surface area contributed by atoms with E-state index in [1.807, 2.05) is 18.2 Å². The molecule has 1 fully saturated rings. The Bertz CT molecular complexity index is 1040. The number of thiophene rings is 1. The number of hydrogen-bond acceptors (Lipinski definition) is 4. The van der Waals surface area contributed by atoms with Crippen molar-refractivity contribution < 1.29 is 19.0 Å². The van der Waals surface area contributed by atoms with Gasteiger partial charge < -0.3 is 9.84 Å². The molecule has 0 radical (unpaired) electrons. The summed E-state index contributed by atoms with van der Waals surface area (Å²) in [6.07, 6.45) is 5.38. The number of benzene rings is 1. The van der Waals surface area contributed by atoms with Crippen molar-refractivity contribution >= 4 is 17.3 Å². The Kier molecular flexibility index (Phi) is 5.86. The molecule has 0 amide bonds. The normalized spacial score (nSPS) is 14.5. The topological polar surface area (TPSA) is 59.4 Å². The van der Waals surface area contributed by atoms with Gasteiger partial charge in [0.25, 0.3) is 0 Å². The number of aliphatic carboxylic acids is 1. The average Bonchev–Trinajstić information content (AvgIpc) is 3.27. The van der Waals surface area contributed by atoms with Crippen LogP contribution in [0.3, 0.4) is 0 Å². The van der Waals surface area contributed by atoms with E-state index < -0.39 is 5.97 Å². The number of aromatic nitrogens is 1. The second-order valence-electron chi connectivity index (χ2n) is 8.05. The maximum atomic E-state index is 13.9. The lowest BCUT2D eigenvalue weighted by molar-refractivity contribution is -0.137. The molecule has 0 atom stereocenters. The molecule has 0 unspecified atom stereocenters. The van der Waals surface area contributed by atoms with Gasteiger partial charge in [-0.1, -0.05) is 13.0 Å². The standard InChI is InChI=1S/C24H24FNO3S/c1-24(11-12-24)22-10-9-21(30-22)20-8-5-17(25)13-16(20)15-29-19-7-6-18(26-14-19)3-2-4-23(27)28/h5-10,13-14H,2-4,11-12,15H2,1H3,(H,27,28). The summed E-state index contributed by atoms with van der Waals surface area (Å²) < 4.78 is 19.8.